The Kier molecular flexibility index (Phi) is 4.36. The molecular weight excluding hydrogens is 358 g/mol. The van der Waals surface area contributed by atoms with Crippen molar-refractivity contribution in [1.82, 2.24) is 5.32 Å². The fourth-order valence-corrected chi connectivity index (χ4v) is 2.31. The second-order valence-electron chi connectivity index (χ2n) is 4.05. The Labute approximate surface area is 124 Å². The molecule has 0 fully saturated rings. The number of hydrogen-bond donors (Lipinski definition) is 2. The number of hydrogen-bond acceptors (Lipinski definition) is 2. The van der Waals surface area contributed by atoms with Crippen LogP contribution in [0.1, 0.15) is 15.9 Å². The average molecular weight is 370 g/mol. The molecule has 3 N–H and O–H groups in total. The van der Waals surface area contributed by atoms with Crippen LogP contribution in [0.25, 0.3) is 0 Å². The maximum absolute atomic E-state index is 13.0. The van der Waals surface area contributed by atoms with Crippen molar-refractivity contribution in [3.8, 4) is 0 Å². The van der Waals surface area contributed by atoms with Gasteiger partial charge in [0.15, 0.2) is 0 Å². The van der Waals surface area contributed by atoms with Crippen molar-refractivity contribution in [3.05, 3.63) is 63.0 Å². The second-order valence-corrected chi connectivity index (χ2v) is 5.21. The topological polar surface area (TPSA) is 55.1 Å². The van der Waals surface area contributed by atoms with Crippen LogP contribution in [0.3, 0.4) is 0 Å². The molecule has 5 heteroatoms. The van der Waals surface area contributed by atoms with Crippen molar-refractivity contribution in [3.63, 3.8) is 0 Å². The van der Waals surface area contributed by atoms with Crippen molar-refractivity contribution in [2.75, 3.05) is 5.73 Å². The molecule has 0 saturated heterocycles. The predicted octanol–water partition coefficient (Wildman–Crippen LogP) is 2.94. The number of carbonyl (C=O) groups is 1. The first kappa shape index (κ1) is 13.8. The molecule has 0 atom stereocenters. The Bertz CT molecular complexity index is 599. The molecule has 0 radical (unpaired) electrons. The number of nitrogen functional groups attached to an aromatic ring is 1. The number of rotatable bonds is 3. The first-order chi connectivity index (χ1) is 9.06. The van der Waals surface area contributed by atoms with E-state index >= 15 is 0 Å². The zero-order chi connectivity index (χ0) is 13.8. The van der Waals surface area contributed by atoms with Gasteiger partial charge in [0.2, 0.25) is 0 Å². The van der Waals surface area contributed by atoms with Crippen LogP contribution in [0.15, 0.2) is 42.5 Å². The summed E-state index contributed by atoms with van der Waals surface area (Å²) in [5.74, 6) is -0.569. The molecule has 3 nitrogen and oxygen atoms in total. The first-order valence-electron chi connectivity index (χ1n) is 5.64. The molecular formula is C14H12FIN2O. The molecule has 1 amide bonds. The van der Waals surface area contributed by atoms with E-state index in [4.69, 9.17) is 5.73 Å². The lowest BCUT2D eigenvalue weighted by atomic mass is 10.2. The molecule has 0 aliphatic heterocycles. The molecule has 2 rings (SSSR count). The standard InChI is InChI=1S/C14H12FIN2O/c15-10-3-6-12(13(16)7-10)14(19)18-8-9-1-4-11(17)5-2-9/h1-7H,8,17H2,(H,18,19). The highest BCUT2D eigenvalue weighted by Crippen LogP contribution is 2.14. The van der Waals surface area contributed by atoms with E-state index in [1.807, 2.05) is 34.7 Å². The number of anilines is 1. The van der Waals surface area contributed by atoms with Gasteiger partial charge in [0.05, 0.1) is 5.56 Å². The third-order valence-electron chi connectivity index (χ3n) is 2.61. The Morgan fingerprint density at radius 2 is 1.89 bits per heavy atom. The van der Waals surface area contributed by atoms with Crippen LogP contribution >= 0.6 is 22.6 Å². The van der Waals surface area contributed by atoms with Gasteiger partial charge in [0.1, 0.15) is 5.82 Å². The van der Waals surface area contributed by atoms with Gasteiger partial charge in [-0.3, -0.25) is 4.79 Å². The summed E-state index contributed by atoms with van der Waals surface area (Å²) in [6, 6.07) is 11.4. The van der Waals surface area contributed by atoms with Crippen LogP contribution in [0.5, 0.6) is 0 Å². The monoisotopic (exact) mass is 370 g/mol. The highest BCUT2D eigenvalue weighted by atomic mass is 127. The fourth-order valence-electron chi connectivity index (χ4n) is 1.59. The van der Waals surface area contributed by atoms with Gasteiger partial charge in [-0.05, 0) is 58.5 Å². The molecule has 0 heterocycles. The summed E-state index contributed by atoms with van der Waals surface area (Å²) in [5.41, 5.74) is 7.70. The van der Waals surface area contributed by atoms with Crippen LogP contribution < -0.4 is 11.1 Å². The van der Waals surface area contributed by atoms with Gasteiger partial charge in [0, 0.05) is 15.8 Å². The molecule has 0 aliphatic rings. The SMILES string of the molecule is Nc1ccc(CNC(=O)c2ccc(F)cc2I)cc1. The van der Waals surface area contributed by atoms with E-state index in [1.165, 1.54) is 18.2 Å². The number of halogens is 2. The highest BCUT2D eigenvalue weighted by molar-refractivity contribution is 14.1. The lowest BCUT2D eigenvalue weighted by Gasteiger charge is -2.07. The number of nitrogens with two attached hydrogens (primary N) is 1. The van der Waals surface area contributed by atoms with Crippen molar-refractivity contribution >= 4 is 34.2 Å². The largest absolute Gasteiger partial charge is 0.399 e. The summed E-state index contributed by atoms with van der Waals surface area (Å²) >= 11 is 1.94. The zero-order valence-electron chi connectivity index (χ0n) is 9.99. The maximum Gasteiger partial charge on any atom is 0.252 e. The van der Waals surface area contributed by atoms with Crippen LogP contribution in [0.4, 0.5) is 10.1 Å². The minimum atomic E-state index is -0.348. The van der Waals surface area contributed by atoms with Gasteiger partial charge in [-0.15, -0.1) is 0 Å². The fraction of sp³-hybridized carbons (Fsp3) is 0.0714. The smallest absolute Gasteiger partial charge is 0.252 e. The number of benzene rings is 2. The normalized spacial score (nSPS) is 10.2. The van der Waals surface area contributed by atoms with E-state index in [9.17, 15) is 9.18 Å². The van der Waals surface area contributed by atoms with Crippen molar-refractivity contribution in [2.45, 2.75) is 6.54 Å². The van der Waals surface area contributed by atoms with E-state index in [0.29, 0.717) is 21.4 Å². The number of amides is 1. The molecule has 0 bridgehead atoms. The number of carbonyl (C=O) groups excluding carboxylic acids is 1. The van der Waals surface area contributed by atoms with Gasteiger partial charge >= 0.3 is 0 Å². The second kappa shape index (κ2) is 6.01. The molecule has 0 aromatic heterocycles. The summed E-state index contributed by atoms with van der Waals surface area (Å²) < 4.78 is 13.5. The van der Waals surface area contributed by atoms with Crippen molar-refractivity contribution < 1.29 is 9.18 Å². The molecule has 0 unspecified atom stereocenters. The molecule has 2 aromatic carbocycles. The Hall–Kier alpha value is -1.63. The Morgan fingerprint density at radius 3 is 2.53 bits per heavy atom. The summed E-state index contributed by atoms with van der Waals surface area (Å²) in [4.78, 5) is 12.0. The predicted molar refractivity (Wildman–Crippen MR) is 81.1 cm³/mol. The third kappa shape index (κ3) is 3.66. The summed E-state index contributed by atoms with van der Waals surface area (Å²) in [7, 11) is 0. The quantitative estimate of drug-likeness (QED) is 0.645. The van der Waals surface area contributed by atoms with E-state index in [-0.39, 0.29) is 11.7 Å². The first-order valence-corrected chi connectivity index (χ1v) is 6.72. The number of nitrogens with one attached hydrogen (secondary N) is 1. The summed E-state index contributed by atoms with van der Waals surface area (Å²) in [6.45, 7) is 0.409. The van der Waals surface area contributed by atoms with Crippen LogP contribution in [0.2, 0.25) is 0 Å². The lowest BCUT2D eigenvalue weighted by Crippen LogP contribution is -2.23. The van der Waals surface area contributed by atoms with Gasteiger partial charge in [-0.25, -0.2) is 4.39 Å². The molecule has 98 valence electrons. The van der Waals surface area contributed by atoms with Crippen LogP contribution in [-0.2, 0) is 6.54 Å². The third-order valence-corrected chi connectivity index (χ3v) is 3.50. The molecule has 0 saturated carbocycles. The molecule has 2 aromatic rings. The van der Waals surface area contributed by atoms with Crippen molar-refractivity contribution in [2.24, 2.45) is 0 Å². The van der Waals surface area contributed by atoms with Gasteiger partial charge in [0.25, 0.3) is 5.91 Å². The van der Waals surface area contributed by atoms with E-state index in [2.05, 4.69) is 5.32 Å². The minimum absolute atomic E-state index is 0.221. The lowest BCUT2D eigenvalue weighted by molar-refractivity contribution is 0.0950. The van der Waals surface area contributed by atoms with E-state index in [0.717, 1.165) is 5.56 Å². The average Bonchev–Trinajstić information content (AvgIpc) is 2.37. The molecule has 19 heavy (non-hydrogen) atoms. The van der Waals surface area contributed by atoms with Gasteiger partial charge in [-0.2, -0.15) is 0 Å². The van der Waals surface area contributed by atoms with Crippen LogP contribution in [-0.4, -0.2) is 5.91 Å². The van der Waals surface area contributed by atoms with Crippen molar-refractivity contribution in [1.29, 1.82) is 0 Å². The Morgan fingerprint density at radius 1 is 1.21 bits per heavy atom. The molecule has 0 aliphatic carbocycles. The minimum Gasteiger partial charge on any atom is -0.399 e. The maximum atomic E-state index is 13.0. The summed E-state index contributed by atoms with van der Waals surface area (Å²) in [5, 5.41) is 2.79. The summed E-state index contributed by atoms with van der Waals surface area (Å²) in [6.07, 6.45) is 0. The van der Waals surface area contributed by atoms with Gasteiger partial charge < -0.3 is 11.1 Å². The van der Waals surface area contributed by atoms with E-state index < -0.39 is 0 Å². The highest BCUT2D eigenvalue weighted by Gasteiger charge is 2.10. The van der Waals surface area contributed by atoms with E-state index in [1.54, 1.807) is 12.1 Å². The Balaban J connectivity index is 2.03. The molecule has 0 spiro atoms. The van der Waals surface area contributed by atoms with Gasteiger partial charge in [-0.1, -0.05) is 12.1 Å². The zero-order valence-corrected chi connectivity index (χ0v) is 12.1. The van der Waals surface area contributed by atoms with Crippen LogP contribution in [0, 0.1) is 9.39 Å².